The van der Waals surface area contributed by atoms with E-state index in [-0.39, 0.29) is 24.5 Å². The van der Waals surface area contributed by atoms with Gasteiger partial charge in [0, 0.05) is 24.9 Å². The van der Waals surface area contributed by atoms with E-state index in [2.05, 4.69) is 10.0 Å². The summed E-state index contributed by atoms with van der Waals surface area (Å²) in [5, 5.41) is 2.37. The molecule has 1 aromatic carbocycles. The van der Waals surface area contributed by atoms with Gasteiger partial charge < -0.3 is 5.32 Å². The second-order valence-corrected chi connectivity index (χ2v) is 8.62. The zero-order valence-corrected chi connectivity index (χ0v) is 13.2. The highest BCUT2D eigenvalue weighted by molar-refractivity contribution is 7.92. The summed E-state index contributed by atoms with van der Waals surface area (Å²) < 4.78 is 47.6. The van der Waals surface area contributed by atoms with Gasteiger partial charge in [-0.05, 0) is 12.1 Å². The molecule has 0 saturated carbocycles. The second-order valence-electron chi connectivity index (χ2n) is 4.52. The number of anilines is 1. The van der Waals surface area contributed by atoms with Crippen LogP contribution in [0.15, 0.2) is 30.3 Å². The van der Waals surface area contributed by atoms with Crippen LogP contribution in [0.2, 0.25) is 0 Å². The van der Waals surface area contributed by atoms with Gasteiger partial charge in [0.15, 0.2) is 0 Å². The first-order chi connectivity index (χ1) is 9.68. The van der Waals surface area contributed by atoms with Crippen LogP contribution in [-0.2, 0) is 24.7 Å². The van der Waals surface area contributed by atoms with Gasteiger partial charge in [-0.25, -0.2) is 16.8 Å². The van der Waals surface area contributed by atoms with Crippen molar-refractivity contribution in [2.24, 2.45) is 0 Å². The Morgan fingerprint density at radius 2 is 1.67 bits per heavy atom. The minimum Gasteiger partial charge on any atom is -0.355 e. The number of amides is 1. The number of benzene rings is 1. The van der Waals surface area contributed by atoms with Crippen LogP contribution in [0.3, 0.4) is 0 Å². The Hall–Kier alpha value is -1.61. The molecule has 0 bridgehead atoms. The lowest BCUT2D eigenvalue weighted by Gasteiger charge is -2.08. The molecule has 0 fully saturated rings. The van der Waals surface area contributed by atoms with Gasteiger partial charge in [-0.15, -0.1) is 0 Å². The lowest BCUT2D eigenvalue weighted by atomic mass is 10.3. The van der Waals surface area contributed by atoms with Crippen molar-refractivity contribution in [2.45, 2.75) is 6.42 Å². The number of carbonyl (C=O) groups is 1. The molecule has 0 aliphatic heterocycles. The molecule has 9 heteroatoms. The highest BCUT2D eigenvalue weighted by atomic mass is 32.2. The molecule has 0 aromatic heterocycles. The number of sulfonamides is 1. The van der Waals surface area contributed by atoms with E-state index < -0.39 is 25.8 Å². The van der Waals surface area contributed by atoms with E-state index in [1.54, 1.807) is 30.3 Å². The van der Waals surface area contributed by atoms with Gasteiger partial charge >= 0.3 is 0 Å². The van der Waals surface area contributed by atoms with Gasteiger partial charge in [0.2, 0.25) is 15.9 Å². The third-order valence-electron chi connectivity index (χ3n) is 2.44. The maximum absolute atomic E-state index is 11.7. The Morgan fingerprint density at radius 3 is 2.24 bits per heavy atom. The minimum atomic E-state index is -3.56. The molecule has 1 aromatic rings. The summed E-state index contributed by atoms with van der Waals surface area (Å²) in [5.74, 6) is -1.03. The second kappa shape index (κ2) is 7.41. The Bertz CT molecular complexity index is 669. The smallest absolute Gasteiger partial charge is 0.234 e. The molecular weight excluding hydrogens is 316 g/mol. The largest absolute Gasteiger partial charge is 0.355 e. The first-order valence-corrected chi connectivity index (χ1v) is 9.89. The predicted octanol–water partition coefficient (Wildman–Crippen LogP) is -0.0208. The standard InChI is InChI=1S/C12H18N2O5S2/c1-20(16,17)9-7-12(15)13-8-10-21(18,19)14-11-5-3-2-4-6-11/h2-6,14H,7-10H2,1H3,(H,13,15). The van der Waals surface area contributed by atoms with Gasteiger partial charge in [0.05, 0.1) is 11.5 Å². The highest BCUT2D eigenvalue weighted by Gasteiger charge is 2.12. The molecule has 7 nitrogen and oxygen atoms in total. The average molecular weight is 334 g/mol. The third kappa shape index (κ3) is 8.30. The average Bonchev–Trinajstić information content (AvgIpc) is 2.36. The van der Waals surface area contributed by atoms with Crippen molar-refractivity contribution < 1.29 is 21.6 Å². The van der Waals surface area contributed by atoms with Crippen molar-refractivity contribution in [2.75, 3.05) is 29.0 Å². The van der Waals surface area contributed by atoms with E-state index in [0.717, 1.165) is 6.26 Å². The summed E-state index contributed by atoms with van der Waals surface area (Å²) in [5.41, 5.74) is 0.445. The Kier molecular flexibility index (Phi) is 6.16. The number of hydrogen-bond donors (Lipinski definition) is 2. The molecule has 0 heterocycles. The molecule has 0 unspecified atom stereocenters. The lowest BCUT2D eigenvalue weighted by molar-refractivity contribution is -0.120. The molecule has 0 radical (unpaired) electrons. The summed E-state index contributed by atoms with van der Waals surface area (Å²) >= 11 is 0. The van der Waals surface area contributed by atoms with Crippen molar-refractivity contribution in [1.82, 2.24) is 5.32 Å². The zero-order valence-electron chi connectivity index (χ0n) is 11.6. The van der Waals surface area contributed by atoms with Gasteiger partial charge in [0.25, 0.3) is 0 Å². The van der Waals surface area contributed by atoms with Crippen molar-refractivity contribution in [3.05, 3.63) is 30.3 Å². The number of nitrogens with one attached hydrogen (secondary N) is 2. The fourth-order valence-corrected chi connectivity index (χ4v) is 2.95. The van der Waals surface area contributed by atoms with Crippen LogP contribution in [-0.4, -0.2) is 47.0 Å². The zero-order chi connectivity index (χ0) is 15.9. The summed E-state index contributed by atoms with van der Waals surface area (Å²) in [6, 6.07) is 8.39. The number of carbonyl (C=O) groups excluding carboxylic acids is 1. The van der Waals surface area contributed by atoms with Crippen LogP contribution in [0, 0.1) is 0 Å². The van der Waals surface area contributed by atoms with Gasteiger partial charge in [-0.3, -0.25) is 9.52 Å². The molecule has 0 saturated heterocycles. The van der Waals surface area contributed by atoms with Gasteiger partial charge in [-0.1, -0.05) is 18.2 Å². The minimum absolute atomic E-state index is 0.0786. The van der Waals surface area contributed by atoms with E-state index in [1.807, 2.05) is 0 Å². The Labute approximate surface area is 124 Å². The number of rotatable bonds is 8. The quantitative estimate of drug-likeness (QED) is 0.694. The SMILES string of the molecule is CS(=O)(=O)CCC(=O)NCCS(=O)(=O)Nc1ccccc1. The van der Waals surface area contributed by atoms with E-state index in [4.69, 9.17) is 0 Å². The highest BCUT2D eigenvalue weighted by Crippen LogP contribution is 2.07. The van der Waals surface area contributed by atoms with Crippen molar-refractivity contribution in [1.29, 1.82) is 0 Å². The van der Waals surface area contributed by atoms with Crippen LogP contribution in [0.25, 0.3) is 0 Å². The number of sulfone groups is 1. The molecule has 0 aliphatic rings. The molecule has 0 spiro atoms. The maximum atomic E-state index is 11.7. The molecule has 21 heavy (non-hydrogen) atoms. The lowest BCUT2D eigenvalue weighted by Crippen LogP contribution is -2.32. The Balaban J connectivity index is 2.36. The predicted molar refractivity (Wildman–Crippen MR) is 81.2 cm³/mol. The monoisotopic (exact) mass is 334 g/mol. The molecular formula is C12H18N2O5S2. The fourth-order valence-electron chi connectivity index (χ4n) is 1.43. The topological polar surface area (TPSA) is 109 Å². The summed E-state index contributed by atoms with van der Waals surface area (Å²) in [6.07, 6.45) is 0.861. The first kappa shape index (κ1) is 17.4. The normalized spacial score (nSPS) is 11.9. The summed E-state index contributed by atoms with van der Waals surface area (Å²) in [4.78, 5) is 11.3. The van der Waals surface area contributed by atoms with Crippen LogP contribution >= 0.6 is 0 Å². The van der Waals surface area contributed by atoms with E-state index in [0.29, 0.717) is 5.69 Å². The third-order valence-corrected chi connectivity index (χ3v) is 4.67. The molecule has 118 valence electrons. The number of para-hydroxylation sites is 1. The van der Waals surface area contributed by atoms with Crippen molar-refractivity contribution in [3.63, 3.8) is 0 Å². The Morgan fingerprint density at radius 1 is 1.05 bits per heavy atom. The van der Waals surface area contributed by atoms with Crippen LogP contribution in [0.5, 0.6) is 0 Å². The van der Waals surface area contributed by atoms with E-state index in [1.165, 1.54) is 0 Å². The molecule has 0 aliphatic carbocycles. The van der Waals surface area contributed by atoms with Gasteiger partial charge in [-0.2, -0.15) is 0 Å². The number of hydrogen-bond acceptors (Lipinski definition) is 5. The van der Waals surface area contributed by atoms with Crippen LogP contribution < -0.4 is 10.0 Å². The van der Waals surface area contributed by atoms with Crippen molar-refractivity contribution >= 4 is 31.5 Å². The molecule has 1 rings (SSSR count). The van der Waals surface area contributed by atoms with E-state index in [9.17, 15) is 21.6 Å². The summed E-state index contributed by atoms with van der Waals surface area (Å²) in [7, 11) is -6.76. The van der Waals surface area contributed by atoms with Crippen LogP contribution in [0.1, 0.15) is 6.42 Å². The first-order valence-electron chi connectivity index (χ1n) is 6.18. The van der Waals surface area contributed by atoms with Crippen LogP contribution in [0.4, 0.5) is 5.69 Å². The maximum Gasteiger partial charge on any atom is 0.234 e. The van der Waals surface area contributed by atoms with Crippen molar-refractivity contribution in [3.8, 4) is 0 Å². The molecule has 1 amide bonds. The molecule has 0 atom stereocenters. The van der Waals surface area contributed by atoms with E-state index >= 15 is 0 Å². The summed E-state index contributed by atoms with van der Waals surface area (Å²) in [6.45, 7) is -0.0786. The van der Waals surface area contributed by atoms with Gasteiger partial charge in [0.1, 0.15) is 9.84 Å². The fraction of sp³-hybridized carbons (Fsp3) is 0.417. The molecule has 2 N–H and O–H groups in total.